The summed E-state index contributed by atoms with van der Waals surface area (Å²) in [6, 6.07) is 7.14. The average Bonchev–Trinajstić information content (AvgIpc) is 2.81. The topological polar surface area (TPSA) is 88.2 Å². The first kappa shape index (κ1) is 12.7. The minimum absolute atomic E-state index is 0.173. The van der Waals surface area contributed by atoms with Crippen molar-refractivity contribution in [1.82, 2.24) is 5.16 Å². The SMILES string of the molecule is CC1Oc2ccc(-c3onc(C#N)c3Br)cc2NC1=O. The summed E-state index contributed by atoms with van der Waals surface area (Å²) in [5.74, 6) is 0.818. The monoisotopic (exact) mass is 333 g/mol. The van der Waals surface area contributed by atoms with Gasteiger partial charge in [0.25, 0.3) is 5.91 Å². The number of hydrogen-bond acceptors (Lipinski definition) is 5. The van der Waals surface area contributed by atoms with E-state index < -0.39 is 6.10 Å². The summed E-state index contributed by atoms with van der Waals surface area (Å²) in [5.41, 5.74) is 1.42. The molecular formula is C13H8BrN3O3. The second-order valence-corrected chi connectivity index (χ2v) is 5.04. The lowest BCUT2D eigenvalue weighted by molar-refractivity contribution is -0.122. The molecule has 0 aliphatic carbocycles. The predicted molar refractivity (Wildman–Crippen MR) is 73.1 cm³/mol. The van der Waals surface area contributed by atoms with Crippen molar-refractivity contribution in [2.75, 3.05) is 5.32 Å². The Kier molecular flexibility index (Phi) is 2.95. The minimum Gasteiger partial charge on any atom is -0.479 e. The van der Waals surface area contributed by atoms with Gasteiger partial charge in [-0.2, -0.15) is 5.26 Å². The van der Waals surface area contributed by atoms with E-state index in [0.29, 0.717) is 27.2 Å². The Morgan fingerprint density at radius 2 is 2.30 bits per heavy atom. The number of ether oxygens (including phenoxy) is 1. The number of nitrogens with zero attached hydrogens (tertiary/aromatic N) is 2. The zero-order chi connectivity index (χ0) is 14.3. The maximum atomic E-state index is 11.6. The van der Waals surface area contributed by atoms with Crippen LogP contribution in [0.25, 0.3) is 11.3 Å². The van der Waals surface area contributed by atoms with E-state index in [-0.39, 0.29) is 11.6 Å². The van der Waals surface area contributed by atoms with Gasteiger partial charge in [0.05, 0.1) is 5.69 Å². The van der Waals surface area contributed by atoms with Crippen LogP contribution in [-0.4, -0.2) is 17.2 Å². The van der Waals surface area contributed by atoms with Gasteiger partial charge < -0.3 is 14.6 Å². The van der Waals surface area contributed by atoms with Crippen molar-refractivity contribution in [3.05, 3.63) is 28.4 Å². The predicted octanol–water partition coefficient (Wildman–Crippen LogP) is 2.70. The van der Waals surface area contributed by atoms with Gasteiger partial charge in [-0.15, -0.1) is 0 Å². The van der Waals surface area contributed by atoms with E-state index in [9.17, 15) is 4.79 Å². The number of nitriles is 1. The molecule has 100 valence electrons. The Hall–Kier alpha value is -2.33. The lowest BCUT2D eigenvalue weighted by Crippen LogP contribution is -2.34. The molecule has 3 rings (SSSR count). The quantitative estimate of drug-likeness (QED) is 0.866. The number of carbonyl (C=O) groups is 1. The van der Waals surface area contributed by atoms with Gasteiger partial charge in [-0.1, -0.05) is 5.16 Å². The molecule has 1 N–H and O–H groups in total. The summed E-state index contributed by atoms with van der Waals surface area (Å²) in [7, 11) is 0. The molecule has 20 heavy (non-hydrogen) atoms. The largest absolute Gasteiger partial charge is 0.479 e. The first-order chi connectivity index (χ1) is 9.60. The molecular weight excluding hydrogens is 326 g/mol. The van der Waals surface area contributed by atoms with E-state index in [4.69, 9.17) is 14.5 Å². The fourth-order valence-electron chi connectivity index (χ4n) is 1.88. The molecule has 0 saturated heterocycles. The van der Waals surface area contributed by atoms with Crippen molar-refractivity contribution in [1.29, 1.82) is 5.26 Å². The van der Waals surface area contributed by atoms with Gasteiger partial charge in [-0.3, -0.25) is 4.79 Å². The molecule has 1 aliphatic rings. The number of hydrogen-bond donors (Lipinski definition) is 1. The normalized spacial score (nSPS) is 16.9. The third-order valence-corrected chi connectivity index (χ3v) is 3.65. The number of anilines is 1. The first-order valence-electron chi connectivity index (χ1n) is 5.77. The maximum Gasteiger partial charge on any atom is 0.265 e. The van der Waals surface area contributed by atoms with Crippen LogP contribution in [0.5, 0.6) is 5.75 Å². The zero-order valence-corrected chi connectivity index (χ0v) is 11.9. The van der Waals surface area contributed by atoms with Crippen LogP contribution in [0, 0.1) is 11.3 Å². The van der Waals surface area contributed by atoms with E-state index in [1.807, 2.05) is 6.07 Å². The van der Waals surface area contributed by atoms with Gasteiger partial charge in [-0.05, 0) is 41.1 Å². The molecule has 2 aromatic rings. The summed E-state index contributed by atoms with van der Waals surface area (Å²) in [6.45, 7) is 1.68. The Labute approximate surface area is 122 Å². The van der Waals surface area contributed by atoms with Crippen molar-refractivity contribution in [3.8, 4) is 23.1 Å². The highest BCUT2D eigenvalue weighted by Gasteiger charge is 2.24. The van der Waals surface area contributed by atoms with Gasteiger partial charge >= 0.3 is 0 Å². The smallest absolute Gasteiger partial charge is 0.265 e. The molecule has 0 fully saturated rings. The highest BCUT2D eigenvalue weighted by atomic mass is 79.9. The molecule has 1 atom stereocenters. The molecule has 1 aromatic heterocycles. The van der Waals surface area contributed by atoms with Crippen LogP contribution in [0.1, 0.15) is 12.6 Å². The molecule has 1 amide bonds. The van der Waals surface area contributed by atoms with E-state index in [0.717, 1.165) is 0 Å². The van der Waals surface area contributed by atoms with Crippen molar-refractivity contribution < 1.29 is 14.1 Å². The second-order valence-electron chi connectivity index (χ2n) is 4.25. The van der Waals surface area contributed by atoms with Gasteiger partial charge in [-0.25, -0.2) is 0 Å². The molecule has 7 heteroatoms. The highest BCUT2D eigenvalue weighted by Crippen LogP contribution is 2.37. The van der Waals surface area contributed by atoms with Crippen LogP contribution in [0.3, 0.4) is 0 Å². The van der Waals surface area contributed by atoms with Crippen molar-refractivity contribution >= 4 is 27.5 Å². The molecule has 1 aromatic carbocycles. The molecule has 0 saturated carbocycles. The number of halogens is 1. The van der Waals surface area contributed by atoms with E-state index in [1.165, 1.54) is 0 Å². The third kappa shape index (κ3) is 1.94. The van der Waals surface area contributed by atoms with Gasteiger partial charge in [0, 0.05) is 5.56 Å². The Bertz CT molecular complexity index is 748. The van der Waals surface area contributed by atoms with E-state index >= 15 is 0 Å². The summed E-state index contributed by atoms with van der Waals surface area (Å²) in [4.78, 5) is 11.6. The summed E-state index contributed by atoms with van der Waals surface area (Å²) in [6.07, 6.45) is -0.518. The van der Waals surface area contributed by atoms with Crippen molar-refractivity contribution in [3.63, 3.8) is 0 Å². The maximum absolute atomic E-state index is 11.6. The number of fused-ring (bicyclic) bond motifs is 1. The number of carbonyl (C=O) groups excluding carboxylic acids is 1. The standard InChI is InChI=1S/C13H8BrN3O3/c1-6-13(18)16-8-4-7(2-3-10(8)19-6)12-11(14)9(5-15)17-20-12/h2-4,6H,1H3,(H,16,18). The van der Waals surface area contributed by atoms with E-state index in [2.05, 4.69) is 26.4 Å². The number of nitrogens with one attached hydrogen (secondary N) is 1. The summed E-state index contributed by atoms with van der Waals surface area (Å²) < 4.78 is 11.1. The molecule has 0 radical (unpaired) electrons. The molecule has 6 nitrogen and oxygen atoms in total. The first-order valence-corrected chi connectivity index (χ1v) is 6.56. The zero-order valence-electron chi connectivity index (χ0n) is 10.3. The van der Waals surface area contributed by atoms with Crippen molar-refractivity contribution in [2.45, 2.75) is 13.0 Å². The van der Waals surface area contributed by atoms with Gasteiger partial charge in [0.1, 0.15) is 16.3 Å². The molecule has 2 heterocycles. The third-order valence-electron chi connectivity index (χ3n) is 2.91. The van der Waals surface area contributed by atoms with Crippen LogP contribution < -0.4 is 10.1 Å². The Morgan fingerprint density at radius 3 is 3.00 bits per heavy atom. The lowest BCUT2D eigenvalue weighted by atomic mass is 10.1. The second kappa shape index (κ2) is 4.65. The van der Waals surface area contributed by atoms with Gasteiger partial charge in [0.15, 0.2) is 17.6 Å². The summed E-state index contributed by atoms with van der Waals surface area (Å²) in [5, 5.41) is 15.3. The van der Waals surface area contributed by atoms with Crippen molar-refractivity contribution in [2.24, 2.45) is 0 Å². The lowest BCUT2D eigenvalue weighted by Gasteiger charge is -2.23. The molecule has 1 aliphatic heterocycles. The van der Waals surface area contributed by atoms with Gasteiger partial charge in [0.2, 0.25) is 0 Å². The Balaban J connectivity index is 2.05. The highest BCUT2D eigenvalue weighted by molar-refractivity contribution is 9.10. The number of benzene rings is 1. The van der Waals surface area contributed by atoms with Crippen LogP contribution >= 0.6 is 15.9 Å². The number of rotatable bonds is 1. The van der Waals surface area contributed by atoms with Crippen LogP contribution in [0.15, 0.2) is 27.2 Å². The average molecular weight is 334 g/mol. The molecule has 0 spiro atoms. The number of amides is 1. The Morgan fingerprint density at radius 1 is 1.50 bits per heavy atom. The van der Waals surface area contributed by atoms with Crippen LogP contribution in [0.2, 0.25) is 0 Å². The van der Waals surface area contributed by atoms with Crippen LogP contribution in [-0.2, 0) is 4.79 Å². The molecule has 1 unspecified atom stereocenters. The van der Waals surface area contributed by atoms with E-state index in [1.54, 1.807) is 25.1 Å². The summed E-state index contributed by atoms with van der Waals surface area (Å²) >= 11 is 3.27. The number of aromatic nitrogens is 1. The fraction of sp³-hybridized carbons (Fsp3) is 0.154. The van der Waals surface area contributed by atoms with Crippen LogP contribution in [0.4, 0.5) is 5.69 Å². The fourth-order valence-corrected chi connectivity index (χ4v) is 2.34. The molecule has 0 bridgehead atoms. The minimum atomic E-state index is -0.518.